The molecule has 0 aliphatic rings. The molecule has 2 rings (SSSR count). The maximum Gasteiger partial charge on any atom is 0.313 e. The topological polar surface area (TPSA) is 78.4 Å². The van der Waals surface area contributed by atoms with Gasteiger partial charge < -0.3 is 15.7 Å². The maximum absolute atomic E-state index is 12.0. The summed E-state index contributed by atoms with van der Waals surface area (Å²) >= 11 is 1.40. The molecule has 0 aliphatic heterocycles. The average Bonchev–Trinajstić information content (AvgIpc) is 3.02. The Bertz CT molecular complexity index is 688. The first kappa shape index (κ1) is 17.2. The van der Waals surface area contributed by atoms with E-state index in [1.165, 1.54) is 11.3 Å². The number of anilines is 1. The number of hydrogen-bond acceptors (Lipinski definition) is 4. The summed E-state index contributed by atoms with van der Waals surface area (Å²) in [6, 6.07) is 7.49. The number of thiophene rings is 1. The van der Waals surface area contributed by atoms with Crippen LogP contribution < -0.4 is 10.6 Å². The van der Waals surface area contributed by atoms with E-state index in [1.54, 1.807) is 6.07 Å². The summed E-state index contributed by atoms with van der Waals surface area (Å²) in [6.45, 7) is 5.74. The normalized spacial score (nSPS) is 11.8. The third-order valence-corrected chi connectivity index (χ3v) is 4.42. The summed E-state index contributed by atoms with van der Waals surface area (Å²) in [5.41, 5.74) is 3.56. The lowest BCUT2D eigenvalue weighted by Crippen LogP contribution is -2.37. The van der Waals surface area contributed by atoms with Gasteiger partial charge in [0.15, 0.2) is 0 Å². The predicted octanol–water partition coefficient (Wildman–Crippen LogP) is 2.46. The van der Waals surface area contributed by atoms with Gasteiger partial charge in [-0.25, -0.2) is 0 Å². The summed E-state index contributed by atoms with van der Waals surface area (Å²) in [5.74, 6) is -1.50. The monoisotopic (exact) mass is 332 g/mol. The Morgan fingerprint density at radius 1 is 1.17 bits per heavy atom. The van der Waals surface area contributed by atoms with E-state index in [0.29, 0.717) is 5.69 Å². The lowest BCUT2D eigenvalue weighted by Gasteiger charge is -2.13. The molecule has 0 aliphatic carbocycles. The predicted molar refractivity (Wildman–Crippen MR) is 91.6 cm³/mol. The molecule has 3 N–H and O–H groups in total. The minimum atomic E-state index is -0.811. The first-order valence-corrected chi connectivity index (χ1v) is 8.15. The molecule has 1 atom stereocenters. The lowest BCUT2D eigenvalue weighted by atomic mass is 10.1. The minimum absolute atomic E-state index is 0.00136. The number of rotatable bonds is 4. The van der Waals surface area contributed by atoms with Gasteiger partial charge in [0.1, 0.15) is 6.10 Å². The molecule has 2 aromatic rings. The van der Waals surface area contributed by atoms with Crippen molar-refractivity contribution in [2.45, 2.75) is 26.9 Å². The molecular formula is C17H20N2O3S. The Balaban J connectivity index is 1.94. The van der Waals surface area contributed by atoms with Crippen molar-refractivity contribution in [2.24, 2.45) is 0 Å². The van der Waals surface area contributed by atoms with Crippen molar-refractivity contribution in [1.82, 2.24) is 5.32 Å². The molecular weight excluding hydrogens is 312 g/mol. The van der Waals surface area contributed by atoms with Crippen LogP contribution in [0.3, 0.4) is 0 Å². The zero-order valence-corrected chi connectivity index (χ0v) is 14.2. The third-order valence-electron chi connectivity index (χ3n) is 3.45. The van der Waals surface area contributed by atoms with Gasteiger partial charge in [-0.15, -0.1) is 11.3 Å². The van der Waals surface area contributed by atoms with Crippen molar-refractivity contribution >= 4 is 28.8 Å². The first-order chi connectivity index (χ1) is 10.9. The Morgan fingerprint density at radius 2 is 1.83 bits per heavy atom. The van der Waals surface area contributed by atoms with Crippen LogP contribution in [0.25, 0.3) is 0 Å². The highest BCUT2D eigenvalue weighted by Crippen LogP contribution is 2.22. The molecule has 6 heteroatoms. The highest BCUT2D eigenvalue weighted by molar-refractivity contribution is 7.10. The molecule has 23 heavy (non-hydrogen) atoms. The van der Waals surface area contributed by atoms with Crippen LogP contribution in [0.2, 0.25) is 0 Å². The van der Waals surface area contributed by atoms with Gasteiger partial charge in [0.05, 0.1) is 0 Å². The number of aliphatic hydroxyl groups excluding tert-OH is 1. The highest BCUT2D eigenvalue weighted by Gasteiger charge is 2.18. The number of aliphatic hydroxyl groups is 1. The number of nitrogens with one attached hydrogen (secondary N) is 2. The molecule has 122 valence electrons. The molecule has 1 heterocycles. The van der Waals surface area contributed by atoms with Crippen molar-refractivity contribution in [2.75, 3.05) is 11.9 Å². The van der Waals surface area contributed by atoms with Gasteiger partial charge in [0.2, 0.25) is 0 Å². The van der Waals surface area contributed by atoms with Gasteiger partial charge in [-0.1, -0.05) is 23.8 Å². The summed E-state index contributed by atoms with van der Waals surface area (Å²) < 4.78 is 0. The number of carbonyl (C=O) groups is 2. The second-order valence-electron chi connectivity index (χ2n) is 5.47. The van der Waals surface area contributed by atoms with E-state index in [2.05, 4.69) is 10.6 Å². The van der Waals surface area contributed by atoms with Crippen LogP contribution in [-0.2, 0) is 9.59 Å². The highest BCUT2D eigenvalue weighted by atomic mass is 32.1. The van der Waals surface area contributed by atoms with Crippen LogP contribution in [0, 0.1) is 20.8 Å². The van der Waals surface area contributed by atoms with Gasteiger partial charge in [-0.3, -0.25) is 9.59 Å². The van der Waals surface area contributed by atoms with Gasteiger partial charge in [-0.2, -0.15) is 0 Å². The zero-order valence-electron chi connectivity index (χ0n) is 13.3. The SMILES string of the molecule is Cc1cc(C)c(NC(=O)C(=O)NCC(O)c2cccs2)c(C)c1. The Kier molecular flexibility index (Phi) is 5.52. The van der Waals surface area contributed by atoms with Crippen molar-refractivity contribution in [3.05, 3.63) is 51.2 Å². The quantitative estimate of drug-likeness (QED) is 0.753. The second-order valence-corrected chi connectivity index (χ2v) is 6.45. The minimum Gasteiger partial charge on any atom is -0.386 e. The second kappa shape index (κ2) is 7.39. The molecule has 0 spiro atoms. The van der Waals surface area contributed by atoms with Gasteiger partial charge in [0.25, 0.3) is 0 Å². The molecule has 0 radical (unpaired) electrons. The summed E-state index contributed by atoms with van der Waals surface area (Å²) in [5, 5.41) is 16.8. The van der Waals surface area contributed by atoms with E-state index in [1.807, 2.05) is 44.4 Å². The first-order valence-electron chi connectivity index (χ1n) is 7.27. The van der Waals surface area contributed by atoms with Crippen molar-refractivity contribution in [3.63, 3.8) is 0 Å². The maximum atomic E-state index is 12.0. The summed E-state index contributed by atoms with van der Waals surface area (Å²) in [4.78, 5) is 24.6. The standard InChI is InChI=1S/C17H20N2O3S/c1-10-7-11(2)15(12(3)8-10)19-17(22)16(21)18-9-13(20)14-5-4-6-23-14/h4-8,13,20H,9H2,1-3H3,(H,18,21)(H,19,22). The molecule has 1 unspecified atom stereocenters. The molecule has 0 fully saturated rings. The van der Waals surface area contributed by atoms with Crippen molar-refractivity contribution in [3.8, 4) is 0 Å². The average molecular weight is 332 g/mol. The van der Waals surface area contributed by atoms with E-state index in [4.69, 9.17) is 0 Å². The van der Waals surface area contributed by atoms with Crippen molar-refractivity contribution in [1.29, 1.82) is 0 Å². The van der Waals surface area contributed by atoms with Crippen LogP contribution in [-0.4, -0.2) is 23.5 Å². The van der Waals surface area contributed by atoms with Gasteiger partial charge >= 0.3 is 11.8 Å². The Hall–Kier alpha value is -2.18. The Morgan fingerprint density at radius 3 is 2.39 bits per heavy atom. The molecule has 5 nitrogen and oxygen atoms in total. The number of hydrogen-bond donors (Lipinski definition) is 3. The summed E-state index contributed by atoms with van der Waals surface area (Å²) in [7, 11) is 0. The smallest absolute Gasteiger partial charge is 0.313 e. The van der Waals surface area contributed by atoms with Crippen molar-refractivity contribution < 1.29 is 14.7 Å². The molecule has 0 saturated carbocycles. The van der Waals surface area contributed by atoms with E-state index >= 15 is 0 Å². The van der Waals surface area contributed by atoms with Crippen LogP contribution in [0.1, 0.15) is 27.7 Å². The van der Waals surface area contributed by atoms with E-state index < -0.39 is 17.9 Å². The third kappa shape index (κ3) is 4.40. The number of carbonyl (C=O) groups excluding carboxylic acids is 2. The number of aryl methyl sites for hydroxylation is 3. The van der Waals surface area contributed by atoms with Crippen LogP contribution in [0.15, 0.2) is 29.6 Å². The van der Waals surface area contributed by atoms with E-state index in [0.717, 1.165) is 21.6 Å². The van der Waals surface area contributed by atoms with Crippen LogP contribution in [0.5, 0.6) is 0 Å². The van der Waals surface area contributed by atoms with E-state index in [-0.39, 0.29) is 6.54 Å². The van der Waals surface area contributed by atoms with Crippen LogP contribution >= 0.6 is 11.3 Å². The molecule has 1 aromatic carbocycles. The molecule has 0 bridgehead atoms. The number of amides is 2. The molecule has 2 amide bonds. The van der Waals surface area contributed by atoms with Gasteiger partial charge in [0, 0.05) is 17.1 Å². The van der Waals surface area contributed by atoms with Crippen LogP contribution in [0.4, 0.5) is 5.69 Å². The Labute approximate surface area is 139 Å². The largest absolute Gasteiger partial charge is 0.386 e. The fourth-order valence-corrected chi connectivity index (χ4v) is 3.11. The molecule has 1 aromatic heterocycles. The molecule has 0 saturated heterocycles. The fourth-order valence-electron chi connectivity index (χ4n) is 2.40. The van der Waals surface area contributed by atoms with E-state index in [9.17, 15) is 14.7 Å². The van der Waals surface area contributed by atoms with Gasteiger partial charge in [-0.05, 0) is 43.3 Å². The lowest BCUT2D eigenvalue weighted by molar-refractivity contribution is -0.136. The number of benzene rings is 1. The zero-order chi connectivity index (χ0) is 17.0. The fraction of sp³-hybridized carbons (Fsp3) is 0.294. The summed E-state index contributed by atoms with van der Waals surface area (Å²) in [6.07, 6.45) is -0.811.